The zero-order valence-corrected chi connectivity index (χ0v) is 16.2. The molecule has 0 radical (unpaired) electrons. The maximum atomic E-state index is 13.6. The minimum atomic E-state index is -4.68. The first-order valence-corrected chi connectivity index (χ1v) is 9.00. The van der Waals surface area contributed by atoms with E-state index in [-0.39, 0.29) is 6.54 Å². The van der Waals surface area contributed by atoms with E-state index in [1.54, 1.807) is 0 Å². The van der Waals surface area contributed by atoms with Crippen LogP contribution in [-0.2, 0) is 15.8 Å². The average molecular weight is 443 g/mol. The van der Waals surface area contributed by atoms with E-state index in [1.807, 2.05) is 0 Å². The van der Waals surface area contributed by atoms with Crippen molar-refractivity contribution in [3.8, 4) is 0 Å². The van der Waals surface area contributed by atoms with E-state index in [0.29, 0.717) is 6.07 Å². The van der Waals surface area contributed by atoms with Gasteiger partial charge in [0, 0.05) is 12.6 Å². The number of para-hydroxylation sites is 1. The lowest BCUT2D eigenvalue weighted by atomic mass is 10.1. The second-order valence-electron chi connectivity index (χ2n) is 6.31. The molecule has 0 aliphatic rings. The predicted molar refractivity (Wildman–Crippen MR) is 101 cm³/mol. The molecule has 0 aromatic heterocycles. The highest BCUT2D eigenvalue weighted by atomic mass is 19.4. The molecule has 0 saturated carbocycles. The minimum absolute atomic E-state index is 0.0218. The first-order chi connectivity index (χ1) is 14.5. The second-order valence-corrected chi connectivity index (χ2v) is 6.31. The maximum Gasteiger partial charge on any atom is 0.418 e. The van der Waals surface area contributed by atoms with E-state index in [2.05, 4.69) is 10.6 Å². The molecule has 0 atom stereocenters. The van der Waals surface area contributed by atoms with E-state index in [1.165, 1.54) is 19.1 Å². The molecule has 166 valence electrons. The number of anilines is 1. The molecular formula is C20H18F5N3O3. The molecule has 2 rings (SSSR count). The van der Waals surface area contributed by atoms with Crippen LogP contribution in [0.15, 0.2) is 42.5 Å². The molecule has 0 spiro atoms. The Morgan fingerprint density at radius 1 is 1.03 bits per heavy atom. The van der Waals surface area contributed by atoms with Gasteiger partial charge in [-0.15, -0.1) is 0 Å². The molecule has 2 aromatic carbocycles. The Bertz CT molecular complexity index is 979. The number of benzene rings is 2. The normalized spacial score (nSPS) is 11.0. The number of alkyl halides is 3. The lowest BCUT2D eigenvalue weighted by Crippen LogP contribution is -2.43. The largest absolute Gasteiger partial charge is 0.418 e. The molecule has 2 N–H and O–H groups in total. The molecule has 31 heavy (non-hydrogen) atoms. The fourth-order valence-electron chi connectivity index (χ4n) is 2.62. The third-order valence-corrected chi connectivity index (χ3v) is 4.15. The summed E-state index contributed by atoms with van der Waals surface area (Å²) in [4.78, 5) is 37.4. The number of carbonyl (C=O) groups excluding carboxylic acids is 3. The quantitative estimate of drug-likeness (QED) is 0.646. The van der Waals surface area contributed by atoms with Gasteiger partial charge in [-0.05, 0) is 31.2 Å². The summed E-state index contributed by atoms with van der Waals surface area (Å²) in [7, 11) is 0. The van der Waals surface area contributed by atoms with Crippen molar-refractivity contribution in [1.29, 1.82) is 0 Å². The summed E-state index contributed by atoms with van der Waals surface area (Å²) >= 11 is 0. The van der Waals surface area contributed by atoms with E-state index in [0.717, 1.165) is 29.2 Å². The third-order valence-electron chi connectivity index (χ3n) is 4.15. The fraction of sp³-hybridized carbons (Fsp3) is 0.250. The predicted octanol–water partition coefficient (Wildman–Crippen LogP) is 3.20. The molecule has 0 aliphatic heterocycles. The Labute approximate surface area is 174 Å². The summed E-state index contributed by atoms with van der Waals surface area (Å²) in [5, 5.41) is 4.27. The van der Waals surface area contributed by atoms with Crippen LogP contribution in [0.4, 0.5) is 27.6 Å². The zero-order chi connectivity index (χ0) is 23.2. The van der Waals surface area contributed by atoms with E-state index in [9.17, 15) is 36.3 Å². The van der Waals surface area contributed by atoms with Crippen molar-refractivity contribution in [3.05, 3.63) is 65.2 Å². The first kappa shape index (κ1) is 23.8. The molecule has 0 saturated heterocycles. The minimum Gasteiger partial charge on any atom is -0.343 e. The van der Waals surface area contributed by atoms with E-state index in [4.69, 9.17) is 0 Å². The van der Waals surface area contributed by atoms with Crippen molar-refractivity contribution >= 4 is 23.4 Å². The number of carbonyl (C=O) groups is 3. The Morgan fingerprint density at radius 2 is 1.71 bits per heavy atom. The van der Waals surface area contributed by atoms with Crippen molar-refractivity contribution in [2.45, 2.75) is 13.1 Å². The van der Waals surface area contributed by atoms with Crippen LogP contribution in [-0.4, -0.2) is 42.3 Å². The fourth-order valence-corrected chi connectivity index (χ4v) is 2.62. The highest BCUT2D eigenvalue weighted by Gasteiger charge is 2.33. The highest BCUT2D eigenvalue weighted by Crippen LogP contribution is 2.34. The molecule has 2 aromatic rings. The average Bonchev–Trinajstić information content (AvgIpc) is 2.69. The molecule has 0 unspecified atom stereocenters. The lowest BCUT2D eigenvalue weighted by molar-refractivity contribution is -0.137. The summed E-state index contributed by atoms with van der Waals surface area (Å²) < 4.78 is 65.6. The number of rotatable bonds is 7. The van der Waals surface area contributed by atoms with Gasteiger partial charge in [-0.3, -0.25) is 14.4 Å². The van der Waals surface area contributed by atoms with Crippen molar-refractivity contribution in [2.75, 3.05) is 25.0 Å². The van der Waals surface area contributed by atoms with Gasteiger partial charge in [0.1, 0.15) is 11.6 Å². The van der Waals surface area contributed by atoms with Crippen LogP contribution >= 0.6 is 0 Å². The number of nitrogens with zero attached hydrogens (tertiary/aromatic N) is 1. The van der Waals surface area contributed by atoms with Crippen molar-refractivity contribution in [3.63, 3.8) is 0 Å². The Morgan fingerprint density at radius 3 is 2.32 bits per heavy atom. The van der Waals surface area contributed by atoms with Gasteiger partial charge < -0.3 is 15.5 Å². The van der Waals surface area contributed by atoms with Crippen LogP contribution in [0.25, 0.3) is 0 Å². The molecule has 0 fully saturated rings. The van der Waals surface area contributed by atoms with Crippen LogP contribution < -0.4 is 10.6 Å². The highest BCUT2D eigenvalue weighted by molar-refractivity contribution is 5.98. The molecular weight excluding hydrogens is 425 g/mol. The summed E-state index contributed by atoms with van der Waals surface area (Å²) in [6, 6.07) is 6.68. The van der Waals surface area contributed by atoms with Gasteiger partial charge in [0.15, 0.2) is 0 Å². The van der Waals surface area contributed by atoms with E-state index >= 15 is 0 Å². The lowest BCUT2D eigenvalue weighted by Gasteiger charge is -2.21. The van der Waals surface area contributed by atoms with Crippen molar-refractivity contribution in [1.82, 2.24) is 10.2 Å². The second kappa shape index (κ2) is 10.0. The summed E-state index contributed by atoms with van der Waals surface area (Å²) in [5.74, 6) is -4.55. The number of hydrogen-bond donors (Lipinski definition) is 2. The molecule has 0 bridgehead atoms. The van der Waals surface area contributed by atoms with Gasteiger partial charge in [-0.25, -0.2) is 8.78 Å². The topological polar surface area (TPSA) is 78.5 Å². The third kappa shape index (κ3) is 6.49. The number of halogens is 5. The van der Waals surface area contributed by atoms with Gasteiger partial charge in [-0.1, -0.05) is 12.1 Å². The summed E-state index contributed by atoms with van der Waals surface area (Å²) in [6.07, 6.45) is -4.68. The maximum absolute atomic E-state index is 13.6. The monoisotopic (exact) mass is 443 g/mol. The van der Waals surface area contributed by atoms with Crippen LogP contribution in [0, 0.1) is 11.6 Å². The smallest absolute Gasteiger partial charge is 0.343 e. The van der Waals surface area contributed by atoms with Crippen molar-refractivity contribution in [2.24, 2.45) is 0 Å². The number of amides is 3. The molecule has 6 nitrogen and oxygen atoms in total. The van der Waals surface area contributed by atoms with Crippen LogP contribution in [0.1, 0.15) is 22.8 Å². The van der Waals surface area contributed by atoms with Crippen LogP contribution in [0.5, 0.6) is 0 Å². The van der Waals surface area contributed by atoms with Crippen LogP contribution in [0.2, 0.25) is 0 Å². The van der Waals surface area contributed by atoms with Gasteiger partial charge in [0.2, 0.25) is 11.8 Å². The van der Waals surface area contributed by atoms with Crippen molar-refractivity contribution < 1.29 is 36.3 Å². The zero-order valence-electron chi connectivity index (χ0n) is 16.2. The number of likely N-dealkylation sites (N-methyl/N-ethyl adjacent to an activating group) is 1. The summed E-state index contributed by atoms with van der Waals surface area (Å²) in [6.45, 7) is 0.377. The van der Waals surface area contributed by atoms with Gasteiger partial charge in [0.05, 0.1) is 29.9 Å². The number of nitrogens with one attached hydrogen (secondary N) is 2. The molecule has 0 aliphatic carbocycles. The standard InChI is InChI=1S/C20H18F5N3O3/c1-2-28(11-17(29)27-16-6-4-3-5-14(16)20(23,24)25)18(30)10-26-19(31)13-8-7-12(21)9-15(13)22/h3-9H,2,10-11H2,1H3,(H,26,31)(H,27,29). The first-order valence-electron chi connectivity index (χ1n) is 9.00. The Balaban J connectivity index is 1.97. The van der Waals surface area contributed by atoms with E-state index < -0.39 is 65.4 Å². The van der Waals surface area contributed by atoms with Crippen LogP contribution in [0.3, 0.4) is 0 Å². The van der Waals surface area contributed by atoms with Gasteiger partial charge >= 0.3 is 6.18 Å². The number of hydrogen-bond acceptors (Lipinski definition) is 3. The summed E-state index contributed by atoms with van der Waals surface area (Å²) in [5.41, 5.74) is -1.96. The van der Waals surface area contributed by atoms with Gasteiger partial charge in [-0.2, -0.15) is 13.2 Å². The Hall–Kier alpha value is -3.50. The molecule has 3 amide bonds. The SMILES string of the molecule is CCN(CC(=O)Nc1ccccc1C(F)(F)F)C(=O)CNC(=O)c1ccc(F)cc1F. The molecule has 11 heteroatoms. The van der Waals surface area contributed by atoms with Gasteiger partial charge in [0.25, 0.3) is 5.91 Å². The Kier molecular flexibility index (Phi) is 7.67. The molecule has 0 heterocycles.